The van der Waals surface area contributed by atoms with E-state index in [1.807, 2.05) is 0 Å². The van der Waals surface area contributed by atoms with Crippen LogP contribution in [0.15, 0.2) is 58.5 Å². The van der Waals surface area contributed by atoms with Gasteiger partial charge in [0.2, 0.25) is 0 Å². The Bertz CT molecular complexity index is 1230. The predicted molar refractivity (Wildman–Crippen MR) is 111 cm³/mol. The summed E-state index contributed by atoms with van der Waals surface area (Å²) in [5, 5.41) is 32.9. The molecule has 0 saturated carbocycles. The Labute approximate surface area is 179 Å². The molecule has 0 radical (unpaired) electrons. The number of amides is 1. The van der Waals surface area contributed by atoms with E-state index in [-0.39, 0.29) is 22.7 Å². The molecule has 0 atom stereocenters. The maximum Gasteiger partial charge on any atom is 0.273 e. The second kappa shape index (κ2) is 8.69. The average molecular weight is 444 g/mol. The van der Waals surface area contributed by atoms with E-state index in [1.54, 1.807) is 36.4 Å². The smallest absolute Gasteiger partial charge is 0.273 e. The summed E-state index contributed by atoms with van der Waals surface area (Å²) in [5.41, 5.74) is -0.199. The quantitative estimate of drug-likeness (QED) is 0.178. The molecule has 0 aliphatic carbocycles. The molecule has 8 nitrogen and oxygen atoms in total. The Balaban J connectivity index is 1.83. The number of furan rings is 1. The van der Waals surface area contributed by atoms with Crippen molar-refractivity contribution in [3.8, 4) is 23.1 Å². The van der Waals surface area contributed by atoms with Gasteiger partial charge in [-0.2, -0.15) is 5.26 Å². The number of rotatable bonds is 5. The minimum absolute atomic E-state index is 0.0856. The third-order valence-electron chi connectivity index (χ3n) is 3.94. The monoisotopic (exact) mass is 443 g/mol. The number of carbonyl (C=O) groups excluding carboxylic acids is 1. The largest absolute Gasteiger partial charge is 0.506 e. The molecule has 1 aromatic heterocycles. The number of nitro groups is 1. The number of aromatic hydroxyl groups is 1. The van der Waals surface area contributed by atoms with Crippen molar-refractivity contribution in [1.82, 2.24) is 0 Å². The van der Waals surface area contributed by atoms with Crippen molar-refractivity contribution in [2.45, 2.75) is 0 Å². The fraction of sp³-hybridized carbons (Fsp3) is 0. The molecule has 2 N–H and O–H groups in total. The number of hydrogen-bond donors (Lipinski definition) is 2. The standard InChI is InChI=1S/C20H11Cl2N3O5/c21-15-3-1-2-14(19(15)22)18-7-5-13(30-18)8-11(10-23)20(27)24-16-6-4-12(25(28)29)9-17(16)26/h1-9,26H,(H,24,27)/b11-8+. The first-order chi connectivity index (χ1) is 14.3. The second-order valence-corrected chi connectivity index (χ2v) is 6.67. The Kier molecular flexibility index (Phi) is 6.06. The molecule has 10 heteroatoms. The molecule has 1 heterocycles. The number of phenolic OH excluding ortho intramolecular Hbond substituents is 1. The summed E-state index contributed by atoms with van der Waals surface area (Å²) in [6.45, 7) is 0. The molecular formula is C20H11Cl2N3O5. The van der Waals surface area contributed by atoms with Gasteiger partial charge in [0.25, 0.3) is 11.6 Å². The van der Waals surface area contributed by atoms with Gasteiger partial charge in [0.1, 0.15) is 28.9 Å². The summed E-state index contributed by atoms with van der Waals surface area (Å²) in [5.74, 6) is -0.744. The van der Waals surface area contributed by atoms with E-state index in [4.69, 9.17) is 27.6 Å². The molecule has 30 heavy (non-hydrogen) atoms. The number of halogens is 2. The van der Waals surface area contributed by atoms with E-state index in [0.717, 1.165) is 18.2 Å². The Morgan fingerprint density at radius 2 is 2.00 bits per heavy atom. The highest BCUT2D eigenvalue weighted by Crippen LogP contribution is 2.34. The molecule has 1 amide bonds. The Morgan fingerprint density at radius 3 is 2.67 bits per heavy atom. The van der Waals surface area contributed by atoms with E-state index in [0.29, 0.717) is 21.4 Å². The average Bonchev–Trinajstić information content (AvgIpc) is 3.17. The van der Waals surface area contributed by atoms with Gasteiger partial charge < -0.3 is 14.8 Å². The third kappa shape index (κ3) is 4.43. The zero-order valence-electron chi connectivity index (χ0n) is 14.9. The number of non-ortho nitro benzene ring substituents is 1. The lowest BCUT2D eigenvalue weighted by atomic mass is 10.2. The van der Waals surface area contributed by atoms with E-state index in [1.165, 1.54) is 6.08 Å². The zero-order valence-corrected chi connectivity index (χ0v) is 16.4. The van der Waals surface area contributed by atoms with Crippen LogP contribution >= 0.6 is 23.2 Å². The number of nitriles is 1. The lowest BCUT2D eigenvalue weighted by Gasteiger charge is -2.06. The molecule has 150 valence electrons. The van der Waals surface area contributed by atoms with Crippen molar-refractivity contribution in [3.05, 3.63) is 80.0 Å². The molecule has 0 aliphatic heterocycles. The van der Waals surface area contributed by atoms with Gasteiger partial charge in [0.05, 0.1) is 26.7 Å². The molecule has 0 bridgehead atoms. The van der Waals surface area contributed by atoms with Crippen molar-refractivity contribution >= 4 is 46.6 Å². The number of carbonyl (C=O) groups is 1. The van der Waals surface area contributed by atoms with Crippen molar-refractivity contribution in [1.29, 1.82) is 5.26 Å². The van der Waals surface area contributed by atoms with Gasteiger partial charge in [-0.15, -0.1) is 0 Å². The molecular weight excluding hydrogens is 433 g/mol. The first-order valence-electron chi connectivity index (χ1n) is 8.25. The highest BCUT2D eigenvalue weighted by atomic mass is 35.5. The first-order valence-corrected chi connectivity index (χ1v) is 9.00. The summed E-state index contributed by atoms with van der Waals surface area (Å²) in [7, 11) is 0. The lowest BCUT2D eigenvalue weighted by Crippen LogP contribution is -2.13. The van der Waals surface area contributed by atoms with E-state index >= 15 is 0 Å². The van der Waals surface area contributed by atoms with Crippen LogP contribution in [-0.2, 0) is 4.79 Å². The van der Waals surface area contributed by atoms with Gasteiger partial charge in [0.15, 0.2) is 0 Å². The summed E-state index contributed by atoms with van der Waals surface area (Å²) < 4.78 is 5.63. The van der Waals surface area contributed by atoms with E-state index in [2.05, 4.69) is 5.32 Å². The van der Waals surface area contributed by atoms with Crippen molar-refractivity contribution in [2.24, 2.45) is 0 Å². The SMILES string of the molecule is N#C/C(=C\c1ccc(-c2cccc(Cl)c2Cl)o1)C(=O)Nc1ccc([N+](=O)[O-])cc1O. The maximum atomic E-state index is 12.4. The van der Waals surface area contributed by atoms with E-state index < -0.39 is 16.6 Å². The van der Waals surface area contributed by atoms with Crippen LogP contribution in [-0.4, -0.2) is 15.9 Å². The van der Waals surface area contributed by atoms with Gasteiger partial charge in [-0.05, 0) is 30.3 Å². The number of hydrogen-bond acceptors (Lipinski definition) is 6. The highest BCUT2D eigenvalue weighted by Gasteiger charge is 2.16. The zero-order chi connectivity index (χ0) is 21.8. The number of nitrogens with zero attached hydrogens (tertiary/aromatic N) is 2. The minimum atomic E-state index is -0.833. The fourth-order valence-corrected chi connectivity index (χ4v) is 2.88. The lowest BCUT2D eigenvalue weighted by molar-refractivity contribution is -0.384. The molecule has 0 saturated heterocycles. The normalized spacial score (nSPS) is 11.0. The summed E-state index contributed by atoms with van der Waals surface area (Å²) >= 11 is 12.2. The van der Waals surface area contributed by atoms with Gasteiger partial charge in [0, 0.05) is 17.7 Å². The number of phenols is 1. The molecule has 0 unspecified atom stereocenters. The topological polar surface area (TPSA) is 129 Å². The number of benzene rings is 2. The van der Waals surface area contributed by atoms with Crippen LogP contribution in [0.4, 0.5) is 11.4 Å². The number of anilines is 1. The van der Waals surface area contributed by atoms with Crippen LogP contribution in [0.25, 0.3) is 17.4 Å². The van der Waals surface area contributed by atoms with Crippen molar-refractivity contribution in [3.63, 3.8) is 0 Å². The van der Waals surface area contributed by atoms with Crippen LogP contribution in [0, 0.1) is 21.4 Å². The van der Waals surface area contributed by atoms with Gasteiger partial charge >= 0.3 is 0 Å². The third-order valence-corrected chi connectivity index (χ3v) is 4.75. The first kappa shape index (κ1) is 20.9. The molecule has 2 aromatic carbocycles. The van der Waals surface area contributed by atoms with Crippen molar-refractivity contribution < 1.29 is 19.2 Å². The van der Waals surface area contributed by atoms with Gasteiger partial charge in [-0.25, -0.2) is 0 Å². The summed E-state index contributed by atoms with van der Waals surface area (Å²) in [4.78, 5) is 22.4. The minimum Gasteiger partial charge on any atom is -0.506 e. The summed E-state index contributed by atoms with van der Waals surface area (Å²) in [6.07, 6.45) is 1.21. The van der Waals surface area contributed by atoms with Crippen LogP contribution in [0.5, 0.6) is 5.75 Å². The molecule has 0 fully saturated rings. The predicted octanol–water partition coefficient (Wildman–Crippen LogP) is 5.41. The molecule has 3 aromatic rings. The second-order valence-electron chi connectivity index (χ2n) is 5.89. The summed E-state index contributed by atoms with van der Waals surface area (Å²) in [6, 6.07) is 13.1. The molecule has 0 spiro atoms. The molecule has 0 aliphatic rings. The van der Waals surface area contributed by atoms with E-state index in [9.17, 15) is 25.3 Å². The fourth-order valence-electron chi connectivity index (χ4n) is 2.49. The van der Waals surface area contributed by atoms with Gasteiger partial charge in [-0.3, -0.25) is 14.9 Å². The molecule has 3 rings (SSSR count). The van der Waals surface area contributed by atoms with Crippen LogP contribution < -0.4 is 5.32 Å². The number of nitro benzene ring substituents is 1. The Hall–Kier alpha value is -3.80. The Morgan fingerprint density at radius 1 is 1.23 bits per heavy atom. The van der Waals surface area contributed by atoms with Crippen LogP contribution in [0.1, 0.15) is 5.76 Å². The van der Waals surface area contributed by atoms with Crippen LogP contribution in [0.3, 0.4) is 0 Å². The maximum absolute atomic E-state index is 12.4. The van der Waals surface area contributed by atoms with Gasteiger partial charge in [-0.1, -0.05) is 29.3 Å². The highest BCUT2D eigenvalue weighted by molar-refractivity contribution is 6.43. The van der Waals surface area contributed by atoms with Crippen molar-refractivity contribution in [2.75, 3.05) is 5.32 Å². The number of nitrogens with one attached hydrogen (secondary N) is 1. The van der Waals surface area contributed by atoms with Crippen LogP contribution in [0.2, 0.25) is 10.0 Å².